The highest BCUT2D eigenvalue weighted by Crippen LogP contribution is 2.43. The lowest BCUT2D eigenvalue weighted by Crippen LogP contribution is -2.48. The molecule has 3 aliphatic rings. The molecule has 1 unspecified atom stereocenters. The van der Waals surface area contributed by atoms with Gasteiger partial charge in [0.1, 0.15) is 5.75 Å². The van der Waals surface area contributed by atoms with E-state index in [1.165, 1.54) is 0 Å². The molecule has 7 heteroatoms. The van der Waals surface area contributed by atoms with Gasteiger partial charge in [-0.25, -0.2) is 0 Å². The van der Waals surface area contributed by atoms with E-state index < -0.39 is 0 Å². The van der Waals surface area contributed by atoms with E-state index in [1.807, 2.05) is 34.1 Å². The fourth-order valence-electron chi connectivity index (χ4n) is 5.00. The summed E-state index contributed by atoms with van der Waals surface area (Å²) >= 11 is 0. The van der Waals surface area contributed by atoms with Gasteiger partial charge in [-0.1, -0.05) is 0 Å². The number of carbonyl (C=O) groups is 2. The molecule has 3 saturated heterocycles. The molecule has 0 aromatic heterocycles. The van der Waals surface area contributed by atoms with Crippen molar-refractivity contribution >= 4 is 11.8 Å². The molecular formula is C22H31N3O4. The minimum absolute atomic E-state index is 0.0445. The predicted molar refractivity (Wildman–Crippen MR) is 109 cm³/mol. The summed E-state index contributed by atoms with van der Waals surface area (Å²) in [5.74, 6) is 1.07. The van der Waals surface area contributed by atoms with E-state index in [1.54, 1.807) is 7.11 Å². The zero-order chi connectivity index (χ0) is 20.4. The van der Waals surface area contributed by atoms with Crippen LogP contribution in [0.5, 0.6) is 5.75 Å². The van der Waals surface area contributed by atoms with Gasteiger partial charge in [0, 0.05) is 38.3 Å². The molecule has 1 atom stereocenters. The smallest absolute Gasteiger partial charge is 0.253 e. The lowest BCUT2D eigenvalue weighted by Gasteiger charge is -2.39. The molecule has 1 aromatic carbocycles. The number of likely N-dealkylation sites (tertiary alicyclic amines) is 2. The number of rotatable bonds is 3. The number of ether oxygens (including phenoxy) is 2. The van der Waals surface area contributed by atoms with E-state index in [9.17, 15) is 9.59 Å². The van der Waals surface area contributed by atoms with Crippen molar-refractivity contribution in [3.8, 4) is 5.75 Å². The molecule has 0 N–H and O–H groups in total. The summed E-state index contributed by atoms with van der Waals surface area (Å²) in [5, 5.41) is 0. The predicted octanol–water partition coefficient (Wildman–Crippen LogP) is 1.48. The van der Waals surface area contributed by atoms with Gasteiger partial charge in [0.25, 0.3) is 5.91 Å². The summed E-state index contributed by atoms with van der Waals surface area (Å²) < 4.78 is 10.6. The number of hydrogen-bond acceptors (Lipinski definition) is 5. The number of piperidine rings is 1. The SMILES string of the molecule is COc1ccc(C(=O)N2CCC3(CC2)CC(C(=O)N2CCOCC2)N(C)C3)cc1. The summed E-state index contributed by atoms with van der Waals surface area (Å²) in [6.45, 7) is 5.08. The minimum Gasteiger partial charge on any atom is -0.497 e. The fourth-order valence-corrected chi connectivity index (χ4v) is 5.00. The molecule has 7 nitrogen and oxygen atoms in total. The van der Waals surface area contributed by atoms with Crippen LogP contribution in [0.1, 0.15) is 29.6 Å². The molecule has 29 heavy (non-hydrogen) atoms. The second-order valence-electron chi connectivity index (χ2n) is 8.59. The van der Waals surface area contributed by atoms with Crippen molar-refractivity contribution in [1.29, 1.82) is 0 Å². The Balaban J connectivity index is 1.35. The summed E-state index contributed by atoms with van der Waals surface area (Å²) in [4.78, 5) is 32.0. The third kappa shape index (κ3) is 4.12. The van der Waals surface area contributed by atoms with Crippen LogP contribution in [0.3, 0.4) is 0 Å². The highest BCUT2D eigenvalue weighted by Gasteiger charge is 2.48. The van der Waals surface area contributed by atoms with Gasteiger partial charge in [0.15, 0.2) is 0 Å². The highest BCUT2D eigenvalue weighted by atomic mass is 16.5. The number of hydrogen-bond donors (Lipinski definition) is 0. The van der Waals surface area contributed by atoms with Crippen LogP contribution in [0.25, 0.3) is 0 Å². The van der Waals surface area contributed by atoms with Crippen LogP contribution in [0.4, 0.5) is 0 Å². The first-order valence-electron chi connectivity index (χ1n) is 10.5. The maximum atomic E-state index is 13.0. The van der Waals surface area contributed by atoms with Gasteiger partial charge in [0.05, 0.1) is 26.4 Å². The molecule has 158 valence electrons. The molecule has 4 rings (SSSR count). The summed E-state index contributed by atoms with van der Waals surface area (Å²) in [5.41, 5.74) is 0.837. The van der Waals surface area contributed by atoms with Crippen molar-refractivity contribution < 1.29 is 19.1 Å². The molecule has 3 aliphatic heterocycles. The molecule has 1 spiro atoms. The first-order chi connectivity index (χ1) is 14.0. The first kappa shape index (κ1) is 20.2. The Bertz CT molecular complexity index is 737. The fraction of sp³-hybridized carbons (Fsp3) is 0.636. The number of amides is 2. The first-order valence-corrected chi connectivity index (χ1v) is 10.5. The molecule has 1 aromatic rings. The Hall–Kier alpha value is -2.12. The zero-order valence-corrected chi connectivity index (χ0v) is 17.4. The molecule has 3 fully saturated rings. The molecule has 0 radical (unpaired) electrons. The standard InChI is InChI=1S/C22H31N3O4/c1-23-16-22(15-19(23)21(27)25-11-13-29-14-12-25)7-9-24(10-8-22)20(26)17-3-5-18(28-2)6-4-17/h3-6,19H,7-16H2,1-2H3. The van der Waals surface area contributed by atoms with Gasteiger partial charge >= 0.3 is 0 Å². The third-order valence-electron chi connectivity index (χ3n) is 6.80. The van der Waals surface area contributed by atoms with E-state index in [0.717, 1.165) is 44.6 Å². The van der Waals surface area contributed by atoms with Crippen molar-refractivity contribution in [2.75, 3.05) is 60.1 Å². The van der Waals surface area contributed by atoms with Crippen molar-refractivity contribution in [3.63, 3.8) is 0 Å². The van der Waals surface area contributed by atoms with E-state index in [-0.39, 0.29) is 23.3 Å². The van der Waals surface area contributed by atoms with Crippen LogP contribution in [0.15, 0.2) is 24.3 Å². The molecule has 3 heterocycles. The third-order valence-corrected chi connectivity index (χ3v) is 6.80. The van der Waals surface area contributed by atoms with Gasteiger partial charge in [-0.2, -0.15) is 0 Å². The van der Waals surface area contributed by atoms with E-state index in [4.69, 9.17) is 9.47 Å². The number of likely N-dealkylation sites (N-methyl/N-ethyl adjacent to an activating group) is 1. The van der Waals surface area contributed by atoms with Crippen LogP contribution in [0.2, 0.25) is 0 Å². The number of morpholine rings is 1. The summed E-state index contributed by atoms with van der Waals surface area (Å²) in [6.07, 6.45) is 2.79. The van der Waals surface area contributed by atoms with E-state index in [0.29, 0.717) is 31.9 Å². The van der Waals surface area contributed by atoms with Crippen LogP contribution >= 0.6 is 0 Å². The maximum absolute atomic E-state index is 13.0. The Morgan fingerprint density at radius 3 is 2.31 bits per heavy atom. The highest BCUT2D eigenvalue weighted by molar-refractivity contribution is 5.94. The second kappa shape index (κ2) is 8.32. The number of benzene rings is 1. The van der Waals surface area contributed by atoms with Crippen LogP contribution in [0, 0.1) is 5.41 Å². The summed E-state index contributed by atoms with van der Waals surface area (Å²) in [7, 11) is 3.68. The largest absolute Gasteiger partial charge is 0.497 e. The van der Waals surface area contributed by atoms with Crippen molar-refractivity contribution in [3.05, 3.63) is 29.8 Å². The molecule has 0 saturated carbocycles. The van der Waals surface area contributed by atoms with Crippen LogP contribution in [-0.4, -0.2) is 92.7 Å². The van der Waals surface area contributed by atoms with Gasteiger partial charge in [-0.05, 0) is 56.0 Å². The average molecular weight is 402 g/mol. The Morgan fingerprint density at radius 1 is 1.03 bits per heavy atom. The molecular weight excluding hydrogens is 370 g/mol. The van der Waals surface area contributed by atoms with E-state index >= 15 is 0 Å². The lowest BCUT2D eigenvalue weighted by atomic mass is 9.76. The Kier molecular flexibility index (Phi) is 5.79. The topological polar surface area (TPSA) is 62.3 Å². The zero-order valence-electron chi connectivity index (χ0n) is 17.4. The number of methoxy groups -OCH3 is 1. The van der Waals surface area contributed by atoms with Crippen molar-refractivity contribution in [1.82, 2.24) is 14.7 Å². The lowest BCUT2D eigenvalue weighted by molar-refractivity contribution is -0.139. The quantitative estimate of drug-likeness (QED) is 0.768. The van der Waals surface area contributed by atoms with Gasteiger partial charge in [-0.15, -0.1) is 0 Å². The Labute approximate surface area is 172 Å². The second-order valence-corrected chi connectivity index (χ2v) is 8.59. The van der Waals surface area contributed by atoms with E-state index in [2.05, 4.69) is 11.9 Å². The van der Waals surface area contributed by atoms with Gasteiger partial charge in [-0.3, -0.25) is 14.5 Å². The minimum atomic E-state index is -0.0445. The Morgan fingerprint density at radius 2 is 1.69 bits per heavy atom. The van der Waals surface area contributed by atoms with Gasteiger partial charge < -0.3 is 19.3 Å². The maximum Gasteiger partial charge on any atom is 0.253 e. The van der Waals surface area contributed by atoms with Gasteiger partial charge in [0.2, 0.25) is 5.91 Å². The average Bonchev–Trinajstić information content (AvgIpc) is 3.09. The van der Waals surface area contributed by atoms with Crippen LogP contribution < -0.4 is 4.74 Å². The summed E-state index contributed by atoms with van der Waals surface area (Å²) in [6, 6.07) is 7.26. The molecule has 0 aliphatic carbocycles. The van der Waals surface area contributed by atoms with Crippen LogP contribution in [-0.2, 0) is 9.53 Å². The number of nitrogens with zero attached hydrogens (tertiary/aromatic N) is 3. The van der Waals surface area contributed by atoms with Crippen molar-refractivity contribution in [2.45, 2.75) is 25.3 Å². The normalized spacial score (nSPS) is 24.7. The molecule has 0 bridgehead atoms. The number of carbonyl (C=O) groups excluding carboxylic acids is 2. The monoisotopic (exact) mass is 401 g/mol. The van der Waals surface area contributed by atoms with Crippen molar-refractivity contribution in [2.24, 2.45) is 5.41 Å². The molecule has 2 amide bonds.